The van der Waals surface area contributed by atoms with Crippen molar-refractivity contribution in [3.63, 3.8) is 0 Å². The highest BCUT2D eigenvalue weighted by molar-refractivity contribution is 5.85. The van der Waals surface area contributed by atoms with Crippen LogP contribution >= 0.6 is 0 Å². The Bertz CT molecular complexity index is 992. The lowest BCUT2D eigenvalue weighted by atomic mass is 9.79. The molecule has 3 fully saturated rings. The van der Waals surface area contributed by atoms with Gasteiger partial charge in [-0.2, -0.15) is 0 Å². The number of amides is 1. The van der Waals surface area contributed by atoms with E-state index in [1.807, 2.05) is 13.8 Å². The number of nitrogens with one attached hydrogen (secondary N) is 1. The zero-order valence-electron chi connectivity index (χ0n) is 22.6. The first-order valence-electron chi connectivity index (χ1n) is 13.2. The molecule has 0 aliphatic carbocycles. The Labute approximate surface area is 231 Å². The molecular weight excluding hydrogens is 532 g/mol. The molecule has 3 aliphatic rings. The first-order valence-corrected chi connectivity index (χ1v) is 13.2. The highest BCUT2D eigenvalue weighted by Gasteiger charge is 2.51. The number of methoxy groups -OCH3 is 1. The number of aliphatic hydroxyl groups excluding tert-OH is 6. The maximum atomic E-state index is 12.0. The molecule has 14 nitrogen and oxygen atoms in total. The van der Waals surface area contributed by atoms with E-state index in [2.05, 4.69) is 5.32 Å². The Morgan fingerprint density at radius 1 is 0.900 bits per heavy atom. The fraction of sp³-hybridized carbons (Fsp3) is 0.731. The van der Waals surface area contributed by atoms with E-state index in [4.69, 9.17) is 29.4 Å². The van der Waals surface area contributed by atoms with Gasteiger partial charge in [0.25, 0.3) is 0 Å². The van der Waals surface area contributed by atoms with E-state index in [1.165, 1.54) is 7.11 Å². The van der Waals surface area contributed by atoms with E-state index in [1.54, 1.807) is 24.3 Å². The molecular formula is C26H40N2O12. The van der Waals surface area contributed by atoms with Gasteiger partial charge < -0.3 is 65.4 Å². The molecule has 3 heterocycles. The van der Waals surface area contributed by atoms with Gasteiger partial charge in [0, 0.05) is 18.6 Å². The first-order chi connectivity index (χ1) is 18.9. The summed E-state index contributed by atoms with van der Waals surface area (Å²) in [5.41, 5.74) is 6.50. The van der Waals surface area contributed by atoms with Crippen molar-refractivity contribution < 1.29 is 59.1 Å². The first kappa shape index (κ1) is 31.0. The second-order valence-corrected chi connectivity index (χ2v) is 11.0. The zero-order chi connectivity index (χ0) is 29.4. The van der Waals surface area contributed by atoms with Crippen LogP contribution in [0.4, 0.5) is 0 Å². The molecule has 1 aromatic rings. The number of rotatable bonds is 9. The minimum atomic E-state index is -1.65. The minimum Gasteiger partial charge on any atom is -0.462 e. The summed E-state index contributed by atoms with van der Waals surface area (Å²) in [5.74, 6) is 0.124. The van der Waals surface area contributed by atoms with Crippen molar-refractivity contribution >= 4 is 5.91 Å². The Morgan fingerprint density at radius 3 is 2.00 bits per heavy atom. The van der Waals surface area contributed by atoms with Gasteiger partial charge in [0.1, 0.15) is 54.6 Å². The summed E-state index contributed by atoms with van der Waals surface area (Å²) in [7, 11) is 1.28. The van der Waals surface area contributed by atoms with Crippen molar-refractivity contribution in [3.8, 4) is 5.75 Å². The lowest BCUT2D eigenvalue weighted by Gasteiger charge is -2.46. The largest absolute Gasteiger partial charge is 0.462 e. The number of nitrogens with two attached hydrogens (primary N) is 1. The van der Waals surface area contributed by atoms with Crippen LogP contribution in [-0.4, -0.2) is 130 Å². The maximum Gasteiger partial charge on any atom is 0.237 e. The third-order valence-electron chi connectivity index (χ3n) is 8.12. The molecule has 1 amide bonds. The van der Waals surface area contributed by atoms with Gasteiger partial charge in [-0.05, 0) is 24.1 Å². The number of carbonyl (C=O) groups excluding carboxylic acids is 1. The number of aliphatic hydroxyl groups is 6. The highest BCUT2D eigenvalue weighted by Crippen LogP contribution is 2.33. The van der Waals surface area contributed by atoms with Gasteiger partial charge >= 0.3 is 0 Å². The van der Waals surface area contributed by atoms with E-state index < -0.39 is 86.1 Å². The van der Waals surface area contributed by atoms with Gasteiger partial charge in [0.2, 0.25) is 12.2 Å². The Balaban J connectivity index is 1.39. The van der Waals surface area contributed by atoms with Gasteiger partial charge in [-0.25, -0.2) is 0 Å². The van der Waals surface area contributed by atoms with Gasteiger partial charge in [-0.1, -0.05) is 26.0 Å². The number of hydrogen-bond acceptors (Lipinski definition) is 13. The van der Waals surface area contributed by atoms with Gasteiger partial charge in [0.05, 0.1) is 19.3 Å². The summed E-state index contributed by atoms with van der Waals surface area (Å²) < 4.78 is 27.7. The monoisotopic (exact) mass is 572 g/mol. The number of carbonyl (C=O) groups is 1. The molecule has 3 saturated heterocycles. The summed E-state index contributed by atoms with van der Waals surface area (Å²) in [5, 5.41) is 64.8. The van der Waals surface area contributed by atoms with Gasteiger partial charge in [0.15, 0.2) is 6.29 Å². The smallest absolute Gasteiger partial charge is 0.237 e. The topological polar surface area (TPSA) is 223 Å². The standard InChI is InChI=1S/C26H40N2O12/c1-26(2)15(28-23(35)22(26)27)8-11-4-6-12(7-5-11)37-24-19(34)17(32)21(14(10-30)39-24)40-25-18(33)16(31)20(36-3)13(9-29)38-25/h4-7,13-22,24-25,29-34H,8-10,27H2,1-3H3,(H,28,35). The molecule has 226 valence electrons. The molecule has 0 radical (unpaired) electrons. The average Bonchev–Trinajstić information content (AvgIpc) is 3.13. The fourth-order valence-corrected chi connectivity index (χ4v) is 5.32. The SMILES string of the molecule is COC1C(CO)OC(OC2C(CO)OC(Oc3ccc(CC4NC(=O)C(N)C4(C)C)cc3)C(O)C2O)C(O)C1O. The van der Waals surface area contributed by atoms with Crippen LogP contribution in [0, 0.1) is 5.41 Å². The molecule has 14 heteroatoms. The highest BCUT2D eigenvalue weighted by atomic mass is 16.7. The molecule has 0 aromatic heterocycles. The third kappa shape index (κ3) is 5.98. The van der Waals surface area contributed by atoms with E-state index in [0.717, 1.165) is 5.56 Å². The molecule has 0 saturated carbocycles. The predicted molar refractivity (Wildman–Crippen MR) is 136 cm³/mol. The van der Waals surface area contributed by atoms with E-state index in [-0.39, 0.29) is 11.9 Å². The van der Waals surface area contributed by atoms with Crippen molar-refractivity contribution in [1.82, 2.24) is 5.32 Å². The normalized spacial score (nSPS) is 41.5. The summed E-state index contributed by atoms with van der Waals surface area (Å²) in [4.78, 5) is 12.0. The van der Waals surface area contributed by atoms with E-state index in [0.29, 0.717) is 12.2 Å². The maximum absolute atomic E-state index is 12.0. The minimum absolute atomic E-state index is 0.150. The molecule has 3 aliphatic heterocycles. The van der Waals surface area contributed by atoms with Gasteiger partial charge in [-0.3, -0.25) is 4.79 Å². The van der Waals surface area contributed by atoms with Crippen molar-refractivity contribution in [3.05, 3.63) is 29.8 Å². The lowest BCUT2D eigenvalue weighted by Crippen LogP contribution is -2.65. The van der Waals surface area contributed by atoms with Crippen LogP contribution in [0.5, 0.6) is 5.75 Å². The molecule has 9 N–H and O–H groups in total. The molecule has 0 bridgehead atoms. The Kier molecular flexibility index (Phi) is 9.69. The van der Waals surface area contributed by atoms with Crippen molar-refractivity contribution in [2.24, 2.45) is 11.1 Å². The molecule has 40 heavy (non-hydrogen) atoms. The van der Waals surface area contributed by atoms with Crippen LogP contribution in [0.25, 0.3) is 0 Å². The van der Waals surface area contributed by atoms with Crippen LogP contribution in [0.15, 0.2) is 24.3 Å². The van der Waals surface area contributed by atoms with Crippen LogP contribution < -0.4 is 15.8 Å². The summed E-state index contributed by atoms with van der Waals surface area (Å²) in [6.07, 6.45) is -13.4. The third-order valence-corrected chi connectivity index (χ3v) is 8.12. The number of ether oxygens (including phenoxy) is 5. The molecule has 0 spiro atoms. The van der Waals surface area contributed by atoms with E-state index in [9.17, 15) is 35.4 Å². The Hall–Kier alpha value is -1.95. The van der Waals surface area contributed by atoms with Crippen LogP contribution in [0.1, 0.15) is 19.4 Å². The molecule has 4 rings (SSSR count). The van der Waals surface area contributed by atoms with Crippen molar-refractivity contribution in [1.29, 1.82) is 0 Å². The molecule has 1 aromatic carbocycles. The molecule has 12 unspecified atom stereocenters. The Morgan fingerprint density at radius 2 is 1.45 bits per heavy atom. The van der Waals surface area contributed by atoms with Crippen molar-refractivity contribution in [2.75, 3.05) is 20.3 Å². The zero-order valence-corrected chi connectivity index (χ0v) is 22.6. The predicted octanol–water partition coefficient (Wildman–Crippen LogP) is -3.26. The summed E-state index contributed by atoms with van der Waals surface area (Å²) in [6, 6.07) is 6.13. The summed E-state index contributed by atoms with van der Waals surface area (Å²) >= 11 is 0. The molecule has 12 atom stereocenters. The number of benzene rings is 1. The van der Waals surface area contributed by atoms with Crippen LogP contribution in [-0.2, 0) is 30.2 Å². The number of hydrogen-bond donors (Lipinski definition) is 8. The fourth-order valence-electron chi connectivity index (χ4n) is 5.32. The van der Waals surface area contributed by atoms with Crippen LogP contribution in [0.3, 0.4) is 0 Å². The average molecular weight is 573 g/mol. The second kappa shape index (κ2) is 12.5. The lowest BCUT2D eigenvalue weighted by molar-refractivity contribution is -0.353. The summed E-state index contributed by atoms with van der Waals surface area (Å²) in [6.45, 7) is 2.68. The van der Waals surface area contributed by atoms with Gasteiger partial charge in [-0.15, -0.1) is 0 Å². The second-order valence-electron chi connectivity index (χ2n) is 11.0. The van der Waals surface area contributed by atoms with Crippen molar-refractivity contribution in [2.45, 2.75) is 93.8 Å². The van der Waals surface area contributed by atoms with Crippen LogP contribution in [0.2, 0.25) is 0 Å². The van der Waals surface area contributed by atoms with E-state index >= 15 is 0 Å². The quantitative estimate of drug-likeness (QED) is 0.146.